The predicted octanol–water partition coefficient (Wildman–Crippen LogP) is 0.674. The number of hydrogen-bond acceptors (Lipinski definition) is 6. The van der Waals surface area contributed by atoms with E-state index in [-0.39, 0.29) is 31.6 Å². The zero-order valence-electron chi connectivity index (χ0n) is 15.1. The van der Waals surface area contributed by atoms with Gasteiger partial charge in [0, 0.05) is 38.2 Å². The fraction of sp³-hybridized carbons (Fsp3) is 0.421. The van der Waals surface area contributed by atoms with Crippen molar-refractivity contribution < 1.29 is 17.9 Å². The molecule has 2 bridgehead atoms. The van der Waals surface area contributed by atoms with E-state index in [1.165, 1.54) is 4.31 Å². The molecule has 2 aromatic heterocycles. The van der Waals surface area contributed by atoms with Gasteiger partial charge < -0.3 is 9.64 Å². The fourth-order valence-corrected chi connectivity index (χ4v) is 6.88. The molecule has 8 nitrogen and oxygen atoms in total. The number of hydrogen-bond donors (Lipinski definition) is 0. The summed E-state index contributed by atoms with van der Waals surface area (Å²) in [7, 11) is -3.51. The van der Waals surface area contributed by atoms with E-state index in [1.54, 1.807) is 41.7 Å². The Hall–Kier alpha value is -2.36. The van der Waals surface area contributed by atoms with Gasteiger partial charge >= 0.3 is 0 Å². The van der Waals surface area contributed by atoms with Crippen LogP contribution in [-0.2, 0) is 21.3 Å². The molecule has 0 aromatic carbocycles. The molecule has 5 rings (SSSR count). The van der Waals surface area contributed by atoms with Crippen LogP contribution in [0.2, 0.25) is 0 Å². The molecule has 3 fully saturated rings. The lowest BCUT2D eigenvalue weighted by molar-refractivity contribution is -0.0981. The highest BCUT2D eigenvalue weighted by Gasteiger charge is 2.65. The zero-order valence-corrected chi connectivity index (χ0v) is 16.0. The van der Waals surface area contributed by atoms with Crippen LogP contribution >= 0.6 is 0 Å². The van der Waals surface area contributed by atoms with E-state index >= 15 is 0 Å². The van der Waals surface area contributed by atoms with Gasteiger partial charge in [-0.1, -0.05) is 6.07 Å². The Morgan fingerprint density at radius 1 is 1.18 bits per heavy atom. The molecule has 3 atom stereocenters. The Bertz CT molecular complexity index is 1000. The number of pyridine rings is 2. The summed E-state index contributed by atoms with van der Waals surface area (Å²) in [5.74, 6) is -0.182. The number of amides is 1. The Kier molecular flexibility index (Phi) is 4.01. The third-order valence-corrected chi connectivity index (χ3v) is 8.11. The van der Waals surface area contributed by atoms with Crippen LogP contribution in [-0.4, -0.2) is 70.1 Å². The van der Waals surface area contributed by atoms with Crippen molar-refractivity contribution in [1.82, 2.24) is 19.2 Å². The molecule has 0 saturated carbocycles. The number of fused-ring (bicyclic) bond motifs is 1. The van der Waals surface area contributed by atoms with E-state index in [4.69, 9.17) is 4.74 Å². The van der Waals surface area contributed by atoms with Crippen molar-refractivity contribution in [3.8, 4) is 0 Å². The molecule has 3 saturated heterocycles. The number of morpholine rings is 1. The summed E-state index contributed by atoms with van der Waals surface area (Å²) >= 11 is 0. The van der Waals surface area contributed by atoms with Gasteiger partial charge in [-0.25, -0.2) is 8.42 Å². The molecule has 0 radical (unpaired) electrons. The lowest BCUT2D eigenvalue weighted by Crippen LogP contribution is -2.56. The first kappa shape index (κ1) is 17.7. The maximum absolute atomic E-state index is 13.2. The normalized spacial score (nSPS) is 30.9. The SMILES string of the molecule is O=C(c1ccccn1)N1C[C@@H]2C[C@@H]3[C@@](C1)(CN(Cc1ccncc1)S3(=O)=O)O2. The Morgan fingerprint density at radius 3 is 2.75 bits per heavy atom. The van der Waals surface area contributed by atoms with Crippen molar-refractivity contribution in [1.29, 1.82) is 0 Å². The van der Waals surface area contributed by atoms with E-state index in [0.717, 1.165) is 5.56 Å². The third-order valence-electron chi connectivity index (χ3n) is 5.79. The van der Waals surface area contributed by atoms with Gasteiger partial charge in [-0.15, -0.1) is 0 Å². The lowest BCUT2D eigenvalue weighted by atomic mass is 9.99. The molecule has 5 heterocycles. The molecule has 146 valence electrons. The smallest absolute Gasteiger partial charge is 0.272 e. The quantitative estimate of drug-likeness (QED) is 0.752. The van der Waals surface area contributed by atoms with Crippen molar-refractivity contribution in [2.45, 2.75) is 29.9 Å². The maximum atomic E-state index is 13.2. The molecular formula is C19H20N4O4S. The molecule has 0 N–H and O–H groups in total. The molecule has 9 heteroatoms. The number of ether oxygens (including phenoxy) is 1. The molecule has 0 aliphatic carbocycles. The lowest BCUT2D eigenvalue weighted by Gasteiger charge is -2.39. The summed E-state index contributed by atoms with van der Waals surface area (Å²) in [6.45, 7) is 1.19. The zero-order chi connectivity index (χ0) is 19.4. The number of sulfonamides is 1. The number of rotatable bonds is 3. The summed E-state index contributed by atoms with van der Waals surface area (Å²) in [6.07, 6.45) is 5.04. The summed E-state index contributed by atoms with van der Waals surface area (Å²) < 4.78 is 34.0. The van der Waals surface area contributed by atoms with Gasteiger partial charge in [-0.05, 0) is 36.2 Å². The largest absolute Gasteiger partial charge is 0.365 e. The van der Waals surface area contributed by atoms with Gasteiger partial charge in [0.15, 0.2) is 0 Å². The van der Waals surface area contributed by atoms with Gasteiger partial charge in [-0.3, -0.25) is 14.8 Å². The average molecular weight is 400 g/mol. The minimum atomic E-state index is -3.51. The van der Waals surface area contributed by atoms with E-state index in [9.17, 15) is 13.2 Å². The minimum Gasteiger partial charge on any atom is -0.365 e. The van der Waals surface area contributed by atoms with Crippen LogP contribution in [0.1, 0.15) is 22.5 Å². The van der Waals surface area contributed by atoms with Crippen LogP contribution in [0.15, 0.2) is 48.9 Å². The van der Waals surface area contributed by atoms with Crippen molar-refractivity contribution in [2.24, 2.45) is 0 Å². The molecule has 3 aliphatic heterocycles. The number of aromatic nitrogens is 2. The Balaban J connectivity index is 1.42. The van der Waals surface area contributed by atoms with Crippen molar-refractivity contribution >= 4 is 15.9 Å². The Labute approximate surface area is 163 Å². The monoisotopic (exact) mass is 400 g/mol. The van der Waals surface area contributed by atoms with Gasteiger partial charge in [0.25, 0.3) is 5.91 Å². The summed E-state index contributed by atoms with van der Waals surface area (Å²) in [5.41, 5.74) is 0.370. The minimum absolute atomic E-state index is 0.182. The summed E-state index contributed by atoms with van der Waals surface area (Å²) in [4.78, 5) is 22.7. The standard InChI is InChI=1S/C19H20N4O4S/c24-18(16-3-1-2-6-21-16)22-11-15-9-17-19(12-22,27-15)13-23(28(17,25)26)10-14-4-7-20-8-5-14/h1-8,15,17H,9-13H2/t15-,17+,19+/m0/s1. The second-order valence-electron chi connectivity index (χ2n) is 7.60. The first-order valence-electron chi connectivity index (χ1n) is 9.24. The highest BCUT2D eigenvalue weighted by Crippen LogP contribution is 2.47. The van der Waals surface area contributed by atoms with Gasteiger partial charge in [0.1, 0.15) is 16.5 Å². The second kappa shape index (κ2) is 6.33. The van der Waals surface area contributed by atoms with E-state index in [0.29, 0.717) is 18.7 Å². The third kappa shape index (κ3) is 2.73. The fourth-order valence-electron chi connectivity index (χ4n) is 4.59. The molecule has 1 spiro atoms. The number of carbonyl (C=O) groups is 1. The van der Waals surface area contributed by atoms with Crippen molar-refractivity contribution in [2.75, 3.05) is 19.6 Å². The number of likely N-dealkylation sites (tertiary alicyclic amines) is 1. The predicted molar refractivity (Wildman–Crippen MR) is 99.7 cm³/mol. The van der Waals surface area contributed by atoms with E-state index in [1.807, 2.05) is 12.1 Å². The second-order valence-corrected chi connectivity index (χ2v) is 9.71. The molecule has 3 aliphatic rings. The first-order valence-corrected chi connectivity index (χ1v) is 10.7. The summed E-state index contributed by atoms with van der Waals surface area (Å²) in [5, 5.41) is -0.617. The van der Waals surface area contributed by atoms with E-state index in [2.05, 4.69) is 9.97 Å². The van der Waals surface area contributed by atoms with Crippen molar-refractivity contribution in [3.05, 3.63) is 60.2 Å². The summed E-state index contributed by atoms with van der Waals surface area (Å²) in [6, 6.07) is 8.82. The average Bonchev–Trinajstić information content (AvgIpc) is 3.08. The molecule has 2 aromatic rings. The number of nitrogens with zero attached hydrogens (tertiary/aromatic N) is 4. The Morgan fingerprint density at radius 2 is 2.00 bits per heavy atom. The molecule has 1 amide bonds. The highest BCUT2D eigenvalue weighted by atomic mass is 32.2. The van der Waals surface area contributed by atoms with Crippen molar-refractivity contribution in [3.63, 3.8) is 0 Å². The van der Waals surface area contributed by atoms with Crippen LogP contribution in [0.4, 0.5) is 0 Å². The van der Waals surface area contributed by atoms with E-state index < -0.39 is 20.9 Å². The highest BCUT2D eigenvalue weighted by molar-refractivity contribution is 7.90. The molecule has 28 heavy (non-hydrogen) atoms. The first-order chi connectivity index (χ1) is 13.5. The van der Waals surface area contributed by atoms with Gasteiger partial charge in [0.2, 0.25) is 10.0 Å². The molecule has 0 unspecified atom stereocenters. The van der Waals surface area contributed by atoms with Gasteiger partial charge in [0.05, 0.1) is 12.6 Å². The van der Waals surface area contributed by atoms with Gasteiger partial charge in [-0.2, -0.15) is 4.31 Å². The van der Waals surface area contributed by atoms with Crippen LogP contribution in [0.25, 0.3) is 0 Å². The van der Waals surface area contributed by atoms with Crippen LogP contribution in [0.5, 0.6) is 0 Å². The maximum Gasteiger partial charge on any atom is 0.272 e. The van der Waals surface area contributed by atoms with Crippen LogP contribution in [0.3, 0.4) is 0 Å². The van der Waals surface area contributed by atoms with Crippen LogP contribution < -0.4 is 0 Å². The number of carbonyl (C=O) groups excluding carboxylic acids is 1. The topological polar surface area (TPSA) is 92.7 Å². The van der Waals surface area contributed by atoms with Crippen LogP contribution in [0, 0.1) is 0 Å². The molecular weight excluding hydrogens is 380 g/mol.